The Bertz CT molecular complexity index is 1390. The zero-order chi connectivity index (χ0) is 27.3. The predicted octanol–water partition coefficient (Wildman–Crippen LogP) is 5.53. The Morgan fingerprint density at radius 1 is 1.03 bits per heavy atom. The first-order valence-corrected chi connectivity index (χ1v) is 12.1. The summed E-state index contributed by atoms with van der Waals surface area (Å²) in [5, 5.41) is 8.06. The van der Waals surface area contributed by atoms with Crippen LogP contribution in [0.4, 0.5) is 24.8 Å². The van der Waals surface area contributed by atoms with Gasteiger partial charge in [-0.25, -0.2) is 5.43 Å². The van der Waals surface area contributed by atoms with Gasteiger partial charge in [-0.15, -0.1) is 18.3 Å². The summed E-state index contributed by atoms with van der Waals surface area (Å²) in [5.41, 5.74) is 16.4. The van der Waals surface area contributed by atoms with Crippen LogP contribution in [0.15, 0.2) is 72.8 Å². The molecule has 1 heterocycles. The van der Waals surface area contributed by atoms with Crippen molar-refractivity contribution in [2.45, 2.75) is 32.7 Å². The van der Waals surface area contributed by atoms with Crippen molar-refractivity contribution < 1.29 is 17.9 Å². The van der Waals surface area contributed by atoms with Crippen LogP contribution in [0.3, 0.4) is 0 Å². The fourth-order valence-electron chi connectivity index (χ4n) is 3.69. The Balaban J connectivity index is 1.34. The molecule has 8 nitrogen and oxygen atoms in total. The van der Waals surface area contributed by atoms with E-state index in [1.165, 1.54) is 34.5 Å². The molecule has 0 saturated heterocycles. The second kappa shape index (κ2) is 11.5. The van der Waals surface area contributed by atoms with Crippen LogP contribution in [-0.2, 0) is 6.54 Å². The molecular weight excluding hydrogens is 515 g/mol. The third kappa shape index (κ3) is 6.99. The summed E-state index contributed by atoms with van der Waals surface area (Å²) in [7, 11) is 0. The highest BCUT2D eigenvalue weighted by molar-refractivity contribution is 7.80. The Kier molecular flexibility index (Phi) is 8.13. The van der Waals surface area contributed by atoms with Crippen LogP contribution in [-0.4, -0.2) is 26.2 Å². The molecule has 1 aromatic heterocycles. The van der Waals surface area contributed by atoms with Crippen molar-refractivity contribution in [2.24, 2.45) is 0 Å². The van der Waals surface area contributed by atoms with E-state index in [4.69, 9.17) is 18.0 Å². The summed E-state index contributed by atoms with van der Waals surface area (Å²) in [6.07, 6.45) is -4.76. The van der Waals surface area contributed by atoms with Gasteiger partial charge < -0.3 is 15.8 Å². The minimum atomic E-state index is -4.76. The van der Waals surface area contributed by atoms with Gasteiger partial charge in [0, 0.05) is 17.8 Å². The number of aromatic nitrogens is 3. The number of nitrogen functional groups attached to an aromatic ring is 1. The minimum absolute atomic E-state index is 0.0967. The van der Waals surface area contributed by atoms with Crippen molar-refractivity contribution >= 4 is 29.0 Å². The molecule has 0 amide bonds. The molecule has 0 aliphatic rings. The summed E-state index contributed by atoms with van der Waals surface area (Å²) in [6.45, 7) is 4.76. The van der Waals surface area contributed by atoms with E-state index in [-0.39, 0.29) is 11.7 Å². The van der Waals surface area contributed by atoms with Gasteiger partial charge in [0.15, 0.2) is 10.9 Å². The lowest BCUT2D eigenvalue weighted by Gasteiger charge is -2.16. The average Bonchev–Trinajstić information content (AvgIpc) is 3.25. The molecule has 4 rings (SSSR count). The van der Waals surface area contributed by atoms with Crippen molar-refractivity contribution in [2.75, 3.05) is 11.1 Å². The Hall–Kier alpha value is -4.16. The van der Waals surface area contributed by atoms with E-state index in [1.807, 2.05) is 42.5 Å². The number of hydrazine groups is 1. The molecule has 12 heteroatoms. The van der Waals surface area contributed by atoms with Crippen LogP contribution in [0.2, 0.25) is 0 Å². The molecule has 0 radical (unpaired) electrons. The average molecular weight is 542 g/mol. The molecule has 0 saturated carbocycles. The normalized spacial score (nSPS) is 11.4. The molecule has 3 aromatic carbocycles. The van der Waals surface area contributed by atoms with E-state index in [9.17, 15) is 13.2 Å². The predicted molar refractivity (Wildman–Crippen MR) is 145 cm³/mol. The molecule has 0 spiro atoms. The van der Waals surface area contributed by atoms with Crippen molar-refractivity contribution in [1.29, 1.82) is 0 Å². The molecule has 4 aromatic rings. The first-order valence-electron chi connectivity index (χ1n) is 11.7. The number of hydrogen-bond acceptors (Lipinski definition) is 6. The third-order valence-corrected chi connectivity index (χ3v) is 5.69. The van der Waals surface area contributed by atoms with Crippen molar-refractivity contribution in [3.05, 3.63) is 83.9 Å². The summed E-state index contributed by atoms with van der Waals surface area (Å²) in [6, 6.07) is 20.7. The van der Waals surface area contributed by atoms with Gasteiger partial charge in [0.05, 0.1) is 5.69 Å². The van der Waals surface area contributed by atoms with E-state index in [1.54, 1.807) is 0 Å². The molecule has 0 bridgehead atoms. The van der Waals surface area contributed by atoms with E-state index < -0.39 is 6.36 Å². The van der Waals surface area contributed by atoms with E-state index >= 15 is 0 Å². The first-order chi connectivity index (χ1) is 18.1. The van der Waals surface area contributed by atoms with Crippen LogP contribution in [0.1, 0.15) is 30.9 Å². The molecule has 0 aliphatic heterocycles. The molecule has 0 atom stereocenters. The maximum Gasteiger partial charge on any atom is 0.573 e. The quantitative estimate of drug-likeness (QED) is 0.171. The van der Waals surface area contributed by atoms with Gasteiger partial charge in [-0.2, -0.15) is 9.67 Å². The molecule has 0 aliphatic carbocycles. The minimum Gasteiger partial charge on any atom is -0.406 e. The number of nitrogens with zero attached hydrogens (tertiary/aromatic N) is 3. The van der Waals surface area contributed by atoms with Crippen molar-refractivity contribution in [3.63, 3.8) is 0 Å². The highest BCUT2D eigenvalue weighted by Gasteiger charge is 2.31. The van der Waals surface area contributed by atoms with Gasteiger partial charge in [0.2, 0.25) is 5.95 Å². The molecule has 0 unspecified atom stereocenters. The Morgan fingerprint density at radius 2 is 1.71 bits per heavy atom. The number of alkyl halides is 3. The van der Waals surface area contributed by atoms with Gasteiger partial charge in [-0.1, -0.05) is 56.3 Å². The number of hydrogen-bond donors (Lipinski definition) is 4. The summed E-state index contributed by atoms with van der Waals surface area (Å²) >= 11 is 5.39. The van der Waals surface area contributed by atoms with Crippen LogP contribution in [0.25, 0.3) is 17.1 Å². The zero-order valence-electron chi connectivity index (χ0n) is 20.6. The lowest BCUT2D eigenvalue weighted by Crippen LogP contribution is -2.39. The van der Waals surface area contributed by atoms with E-state index in [0.29, 0.717) is 29.1 Å². The standard InChI is InChI=1S/C26H26F3N7OS/c1-16(2)21-5-3-4-6-22(21)32-25(38)34-31-15-17-7-9-18(10-8-17)23-33-24(30)36(35-23)19-11-13-20(14-12-19)37-26(27,28)29/h3-14,16,31H,15H2,1-2H3,(H2,30,33,35)(H2,32,34,38). The molecule has 5 N–H and O–H groups in total. The number of para-hydroxylation sites is 1. The second-order valence-corrected chi connectivity index (χ2v) is 9.03. The number of anilines is 2. The van der Waals surface area contributed by atoms with E-state index in [0.717, 1.165) is 16.8 Å². The number of halogens is 3. The first kappa shape index (κ1) is 26.9. The largest absolute Gasteiger partial charge is 0.573 e. The SMILES string of the molecule is CC(C)c1ccccc1NC(=S)NNCc1ccc(-c2nc(N)n(-c3ccc(OC(F)(F)F)cc3)n2)cc1. The smallest absolute Gasteiger partial charge is 0.406 e. The van der Waals surface area contributed by atoms with Crippen molar-refractivity contribution in [3.8, 4) is 22.8 Å². The summed E-state index contributed by atoms with van der Waals surface area (Å²) in [5.74, 6) is 0.503. The fraction of sp³-hybridized carbons (Fsp3) is 0.192. The second-order valence-electron chi connectivity index (χ2n) is 8.62. The highest BCUT2D eigenvalue weighted by Crippen LogP contribution is 2.26. The van der Waals surface area contributed by atoms with Gasteiger partial charge in [0.1, 0.15) is 5.75 Å². The van der Waals surface area contributed by atoms with Gasteiger partial charge in [0.25, 0.3) is 0 Å². The van der Waals surface area contributed by atoms with Crippen molar-refractivity contribution in [1.82, 2.24) is 25.6 Å². The molecule has 0 fully saturated rings. The zero-order valence-corrected chi connectivity index (χ0v) is 21.4. The van der Waals surface area contributed by atoms with E-state index in [2.05, 4.69) is 50.9 Å². The topological polar surface area (TPSA) is 102 Å². The fourth-order valence-corrected chi connectivity index (χ4v) is 3.87. The van der Waals surface area contributed by atoms with Crippen LogP contribution < -0.4 is 26.6 Å². The summed E-state index contributed by atoms with van der Waals surface area (Å²) < 4.78 is 42.4. The third-order valence-electron chi connectivity index (χ3n) is 5.48. The maximum atomic E-state index is 12.4. The van der Waals surface area contributed by atoms with Gasteiger partial charge >= 0.3 is 6.36 Å². The number of nitrogens with one attached hydrogen (secondary N) is 3. The van der Waals surface area contributed by atoms with Crippen LogP contribution >= 0.6 is 12.2 Å². The maximum absolute atomic E-state index is 12.4. The number of ether oxygens (including phenoxy) is 1. The summed E-state index contributed by atoms with van der Waals surface area (Å²) in [4.78, 5) is 4.28. The van der Waals surface area contributed by atoms with Crippen LogP contribution in [0, 0.1) is 0 Å². The number of rotatable bonds is 8. The Labute approximate surface area is 223 Å². The molecular formula is C26H26F3N7OS. The van der Waals surface area contributed by atoms with Crippen LogP contribution in [0.5, 0.6) is 5.75 Å². The lowest BCUT2D eigenvalue weighted by molar-refractivity contribution is -0.274. The van der Waals surface area contributed by atoms with Gasteiger partial charge in [-0.3, -0.25) is 5.43 Å². The highest BCUT2D eigenvalue weighted by atomic mass is 32.1. The number of thiocarbonyl (C=S) groups is 1. The number of benzene rings is 3. The lowest BCUT2D eigenvalue weighted by atomic mass is 10.0. The molecule has 38 heavy (non-hydrogen) atoms. The monoisotopic (exact) mass is 541 g/mol. The Morgan fingerprint density at radius 3 is 2.37 bits per heavy atom. The molecule has 198 valence electrons. The van der Waals surface area contributed by atoms with Gasteiger partial charge in [-0.05, 0) is 59.6 Å². The number of nitrogens with two attached hydrogens (primary N) is 1.